The SMILES string of the molecule is O=C1Nc2ncccc2C2(CCN(C(=O)Cn3cc(-c4cccc5ccsc45)c4c(N5CC(O)C5)ncnc43)CC2)O1. The second-order valence-corrected chi connectivity index (χ2v) is 12.0. The number of thiophene rings is 1. The van der Waals surface area contributed by atoms with Crippen molar-refractivity contribution in [2.24, 2.45) is 0 Å². The van der Waals surface area contributed by atoms with Crippen molar-refractivity contribution in [3.05, 3.63) is 66.1 Å². The Hall–Kier alpha value is -4.55. The number of fused-ring (bicyclic) bond motifs is 4. The summed E-state index contributed by atoms with van der Waals surface area (Å²) in [6.07, 6.45) is 5.27. The van der Waals surface area contributed by atoms with Gasteiger partial charge in [0, 0.05) is 72.8 Å². The van der Waals surface area contributed by atoms with Crippen molar-refractivity contribution in [1.29, 1.82) is 0 Å². The van der Waals surface area contributed by atoms with Crippen molar-refractivity contribution in [2.45, 2.75) is 31.1 Å². The maximum atomic E-state index is 13.7. The number of ether oxygens (including phenoxy) is 1. The average Bonchev–Trinajstić information content (AvgIpc) is 3.61. The molecule has 3 aliphatic heterocycles. The van der Waals surface area contributed by atoms with E-state index in [0.717, 1.165) is 38.0 Å². The third kappa shape index (κ3) is 3.93. The number of aliphatic hydroxyl groups is 1. The molecule has 2 fully saturated rings. The van der Waals surface area contributed by atoms with Gasteiger partial charge in [-0.3, -0.25) is 10.1 Å². The maximum absolute atomic E-state index is 13.7. The quantitative estimate of drug-likeness (QED) is 0.327. The fraction of sp³-hybridized carbons (Fsp3) is 0.300. The minimum Gasteiger partial charge on any atom is -0.437 e. The number of aromatic nitrogens is 4. The maximum Gasteiger partial charge on any atom is 0.413 e. The molecule has 2 N–H and O–H groups in total. The molecule has 0 atom stereocenters. The Bertz CT molecular complexity index is 1870. The zero-order valence-electron chi connectivity index (χ0n) is 22.6. The van der Waals surface area contributed by atoms with Crippen molar-refractivity contribution >= 4 is 56.1 Å². The summed E-state index contributed by atoms with van der Waals surface area (Å²) in [4.78, 5) is 43.5. The predicted molar refractivity (Wildman–Crippen MR) is 158 cm³/mol. The average molecular weight is 582 g/mol. The fourth-order valence-electron chi connectivity index (χ4n) is 6.47. The van der Waals surface area contributed by atoms with Gasteiger partial charge in [0.15, 0.2) is 0 Å². The highest BCUT2D eigenvalue weighted by Crippen LogP contribution is 2.43. The number of likely N-dealkylation sites (tertiary alicyclic amines) is 1. The van der Waals surface area contributed by atoms with Crippen molar-refractivity contribution in [3.63, 3.8) is 0 Å². The minimum atomic E-state index is -0.792. The number of hydrogen-bond donors (Lipinski definition) is 2. The van der Waals surface area contributed by atoms with Gasteiger partial charge < -0.3 is 24.2 Å². The van der Waals surface area contributed by atoms with E-state index in [4.69, 9.17) is 4.74 Å². The van der Waals surface area contributed by atoms with Gasteiger partial charge in [0.2, 0.25) is 5.91 Å². The van der Waals surface area contributed by atoms with Crippen LogP contribution in [0.3, 0.4) is 0 Å². The Kier molecular flexibility index (Phi) is 5.69. The molecule has 2 amide bonds. The van der Waals surface area contributed by atoms with Crippen molar-refractivity contribution < 1.29 is 19.4 Å². The molecule has 0 unspecified atom stereocenters. The third-order valence-corrected chi connectivity index (χ3v) is 9.56. The fourth-order valence-corrected chi connectivity index (χ4v) is 7.39. The summed E-state index contributed by atoms with van der Waals surface area (Å²) >= 11 is 1.68. The molecule has 12 heteroatoms. The number of rotatable bonds is 4. The molecular formula is C30H27N7O4S. The first kappa shape index (κ1) is 25.2. The Balaban J connectivity index is 1.12. The molecule has 0 aliphatic carbocycles. The molecule has 0 saturated carbocycles. The first-order valence-corrected chi connectivity index (χ1v) is 14.8. The Morgan fingerprint density at radius 1 is 1.10 bits per heavy atom. The van der Waals surface area contributed by atoms with Gasteiger partial charge in [-0.05, 0) is 29.0 Å². The molecule has 2 saturated heterocycles. The number of pyridine rings is 1. The first-order chi connectivity index (χ1) is 20.5. The van der Waals surface area contributed by atoms with E-state index in [1.165, 1.54) is 6.33 Å². The van der Waals surface area contributed by atoms with Crippen LogP contribution >= 0.6 is 11.3 Å². The molecule has 212 valence electrons. The molecule has 8 rings (SSSR count). The molecule has 0 bridgehead atoms. The summed E-state index contributed by atoms with van der Waals surface area (Å²) < 4.78 is 8.89. The van der Waals surface area contributed by atoms with Crippen molar-refractivity contribution in [1.82, 2.24) is 24.4 Å². The highest BCUT2D eigenvalue weighted by atomic mass is 32.1. The number of amides is 2. The molecule has 42 heavy (non-hydrogen) atoms. The van der Waals surface area contributed by atoms with E-state index >= 15 is 0 Å². The summed E-state index contributed by atoms with van der Waals surface area (Å²) in [6.45, 7) is 2.03. The van der Waals surface area contributed by atoms with Crippen LogP contribution in [0.2, 0.25) is 0 Å². The Morgan fingerprint density at radius 2 is 1.95 bits per heavy atom. The van der Waals surface area contributed by atoms with Crippen LogP contribution in [-0.2, 0) is 21.7 Å². The van der Waals surface area contributed by atoms with E-state index in [1.807, 2.05) is 33.9 Å². The largest absolute Gasteiger partial charge is 0.437 e. The summed E-state index contributed by atoms with van der Waals surface area (Å²) in [5.41, 5.74) is 2.76. The van der Waals surface area contributed by atoms with E-state index in [2.05, 4.69) is 48.7 Å². The number of carbonyl (C=O) groups excluding carboxylic acids is 2. The molecule has 1 spiro atoms. The molecule has 11 nitrogen and oxygen atoms in total. The van der Waals surface area contributed by atoms with E-state index in [0.29, 0.717) is 50.5 Å². The summed E-state index contributed by atoms with van der Waals surface area (Å²) in [6, 6.07) is 12.1. The van der Waals surface area contributed by atoms with Crippen molar-refractivity contribution in [3.8, 4) is 11.1 Å². The van der Waals surface area contributed by atoms with E-state index < -0.39 is 11.7 Å². The molecule has 3 aliphatic rings. The molecule has 4 aromatic heterocycles. The van der Waals surface area contributed by atoms with Crippen LogP contribution in [-0.4, -0.2) is 73.8 Å². The summed E-state index contributed by atoms with van der Waals surface area (Å²) in [5, 5.41) is 16.8. The summed E-state index contributed by atoms with van der Waals surface area (Å²) in [5.74, 6) is 1.25. The lowest BCUT2D eigenvalue weighted by Gasteiger charge is -2.43. The number of hydrogen-bond acceptors (Lipinski definition) is 9. The second kappa shape index (κ2) is 9.50. The third-order valence-electron chi connectivity index (χ3n) is 8.60. The van der Waals surface area contributed by atoms with Crippen LogP contribution in [0.15, 0.2) is 60.5 Å². The molecule has 7 heterocycles. The summed E-state index contributed by atoms with van der Waals surface area (Å²) in [7, 11) is 0. The van der Waals surface area contributed by atoms with Gasteiger partial charge in [-0.1, -0.05) is 18.2 Å². The van der Waals surface area contributed by atoms with E-state index in [1.54, 1.807) is 17.5 Å². The number of benzene rings is 1. The lowest BCUT2D eigenvalue weighted by atomic mass is 9.83. The zero-order chi connectivity index (χ0) is 28.4. The zero-order valence-corrected chi connectivity index (χ0v) is 23.4. The lowest BCUT2D eigenvalue weighted by Crippen LogP contribution is -2.51. The van der Waals surface area contributed by atoms with Crippen LogP contribution in [0.5, 0.6) is 0 Å². The van der Waals surface area contributed by atoms with E-state index in [9.17, 15) is 14.7 Å². The van der Waals surface area contributed by atoms with Crippen molar-refractivity contribution in [2.75, 3.05) is 36.4 Å². The van der Waals surface area contributed by atoms with Crippen LogP contribution in [0.25, 0.3) is 32.2 Å². The van der Waals surface area contributed by atoms with Gasteiger partial charge in [0.1, 0.15) is 35.8 Å². The molecule has 1 aromatic carbocycles. The first-order valence-electron chi connectivity index (χ1n) is 14.0. The van der Waals surface area contributed by atoms with Crippen LogP contribution < -0.4 is 10.2 Å². The van der Waals surface area contributed by atoms with Gasteiger partial charge in [0.05, 0.1) is 11.5 Å². The lowest BCUT2D eigenvalue weighted by molar-refractivity contribution is -0.136. The highest BCUT2D eigenvalue weighted by molar-refractivity contribution is 7.17. The number of piperidine rings is 1. The number of aliphatic hydroxyl groups excluding tert-OH is 1. The Labute approximate surface area is 244 Å². The molecular weight excluding hydrogens is 554 g/mol. The predicted octanol–water partition coefficient (Wildman–Crippen LogP) is 3.97. The van der Waals surface area contributed by atoms with Gasteiger partial charge in [-0.15, -0.1) is 11.3 Å². The molecule has 5 aromatic rings. The Morgan fingerprint density at radius 3 is 2.79 bits per heavy atom. The van der Waals surface area contributed by atoms with Gasteiger partial charge in [-0.2, -0.15) is 0 Å². The minimum absolute atomic E-state index is 0.0335. The normalized spacial score (nSPS) is 18.2. The number of nitrogens with zero attached hydrogens (tertiary/aromatic N) is 6. The van der Waals surface area contributed by atoms with Gasteiger partial charge in [-0.25, -0.2) is 19.7 Å². The number of carbonyl (C=O) groups is 2. The smallest absolute Gasteiger partial charge is 0.413 e. The van der Waals surface area contributed by atoms with Crippen LogP contribution in [0.1, 0.15) is 18.4 Å². The highest BCUT2D eigenvalue weighted by Gasteiger charge is 2.45. The topological polar surface area (TPSA) is 126 Å². The van der Waals surface area contributed by atoms with Gasteiger partial charge >= 0.3 is 6.09 Å². The number of nitrogens with one attached hydrogen (secondary N) is 1. The van der Waals surface area contributed by atoms with Gasteiger partial charge in [0.25, 0.3) is 0 Å². The standard InChI is InChI=1S/C30H27N7O4S/c38-19-13-36(14-19)27-24-21(20-4-1-3-18-6-12-42-25(18)20)15-37(28(24)33-17-32-27)16-23(39)35-10-7-30(8-11-35)22-5-2-9-31-26(22)34-29(40)41-30/h1-6,9,12,15,17,19,38H,7-8,10-11,13-14,16H2,(H,31,34,40). The van der Waals surface area contributed by atoms with E-state index in [-0.39, 0.29) is 18.6 Å². The second-order valence-electron chi connectivity index (χ2n) is 11.1. The van der Waals surface area contributed by atoms with Crippen LogP contribution in [0, 0.1) is 0 Å². The number of β-amino-alcohol motifs (C(OH)–C–C–N with tert-alkyl or cyclic N) is 1. The monoisotopic (exact) mass is 581 g/mol. The number of anilines is 2. The van der Waals surface area contributed by atoms with Crippen LogP contribution in [0.4, 0.5) is 16.4 Å². The molecule has 0 radical (unpaired) electrons.